The molecule has 0 aliphatic rings. The normalized spacial score (nSPS) is 10.1. The first-order valence-electron chi connectivity index (χ1n) is 4.81. The number of benzene rings is 1. The number of ether oxygens (including phenoxy) is 1. The third-order valence-electron chi connectivity index (χ3n) is 2.12. The molecule has 2 rings (SSSR count). The molecule has 1 heterocycles. The van der Waals surface area contributed by atoms with Crippen LogP contribution in [0.4, 0.5) is 10.1 Å². The minimum Gasteiger partial charge on any atom is -0.436 e. The van der Waals surface area contributed by atoms with Gasteiger partial charge < -0.3 is 10.5 Å². The summed E-state index contributed by atoms with van der Waals surface area (Å²) in [5.41, 5.74) is 6.65. The van der Waals surface area contributed by atoms with Crippen molar-refractivity contribution in [3.63, 3.8) is 0 Å². The summed E-state index contributed by atoms with van der Waals surface area (Å²) < 4.78 is 18.8. The van der Waals surface area contributed by atoms with Gasteiger partial charge in [-0.25, -0.2) is 9.37 Å². The number of nitrogen functional groups attached to an aromatic ring is 1. The topological polar surface area (TPSA) is 48.1 Å². The van der Waals surface area contributed by atoms with Gasteiger partial charge in [0.1, 0.15) is 0 Å². The quantitative estimate of drug-likeness (QED) is 0.788. The first-order chi connectivity index (χ1) is 7.66. The van der Waals surface area contributed by atoms with Crippen LogP contribution in [-0.2, 0) is 0 Å². The summed E-state index contributed by atoms with van der Waals surface area (Å²) in [5.74, 6) is 0.0206. The maximum atomic E-state index is 13.4. The van der Waals surface area contributed by atoms with Gasteiger partial charge in [0, 0.05) is 23.5 Å². The van der Waals surface area contributed by atoms with Crippen LogP contribution in [0.2, 0.25) is 0 Å². The largest absolute Gasteiger partial charge is 0.436 e. The molecule has 0 atom stereocenters. The predicted molar refractivity (Wildman–Crippen MR) is 59.9 cm³/mol. The lowest BCUT2D eigenvalue weighted by Gasteiger charge is -2.07. The van der Waals surface area contributed by atoms with Crippen LogP contribution >= 0.6 is 0 Å². The van der Waals surface area contributed by atoms with Gasteiger partial charge >= 0.3 is 0 Å². The zero-order chi connectivity index (χ0) is 11.5. The van der Waals surface area contributed by atoms with E-state index in [0.29, 0.717) is 11.6 Å². The molecule has 0 aliphatic heterocycles. The first-order valence-corrected chi connectivity index (χ1v) is 4.81. The van der Waals surface area contributed by atoms with Crippen molar-refractivity contribution in [3.05, 3.63) is 47.9 Å². The fourth-order valence-electron chi connectivity index (χ4n) is 1.28. The molecule has 1 aromatic carbocycles. The Hall–Kier alpha value is -2.10. The van der Waals surface area contributed by atoms with E-state index in [1.807, 2.05) is 13.0 Å². The molecule has 1 aromatic heterocycles. The van der Waals surface area contributed by atoms with Crippen molar-refractivity contribution in [2.24, 2.45) is 0 Å². The Labute approximate surface area is 92.7 Å². The van der Waals surface area contributed by atoms with Gasteiger partial charge in [-0.3, -0.25) is 0 Å². The standard InChI is InChI=1S/C12H11FN2O/c1-8-3-2-6-15-12(8)16-11-5-4-9(14)7-10(11)13/h2-7H,14H2,1H3. The summed E-state index contributed by atoms with van der Waals surface area (Å²) in [7, 11) is 0. The van der Waals surface area contributed by atoms with E-state index in [9.17, 15) is 4.39 Å². The van der Waals surface area contributed by atoms with Gasteiger partial charge in [-0.05, 0) is 25.1 Å². The molecule has 0 spiro atoms. The second-order valence-electron chi connectivity index (χ2n) is 3.42. The minimum absolute atomic E-state index is 0.121. The Bertz CT molecular complexity index is 514. The zero-order valence-electron chi connectivity index (χ0n) is 8.77. The summed E-state index contributed by atoms with van der Waals surface area (Å²) in [6, 6.07) is 7.92. The predicted octanol–water partition coefficient (Wildman–Crippen LogP) is 2.90. The molecule has 82 valence electrons. The highest BCUT2D eigenvalue weighted by Crippen LogP contribution is 2.26. The summed E-state index contributed by atoms with van der Waals surface area (Å²) >= 11 is 0. The Morgan fingerprint density at radius 2 is 2.12 bits per heavy atom. The summed E-state index contributed by atoms with van der Waals surface area (Å²) in [6.07, 6.45) is 1.59. The van der Waals surface area contributed by atoms with E-state index in [-0.39, 0.29) is 5.75 Å². The molecule has 0 aliphatic carbocycles. The van der Waals surface area contributed by atoms with Crippen molar-refractivity contribution in [3.8, 4) is 11.6 Å². The van der Waals surface area contributed by atoms with Crippen LogP contribution in [0, 0.1) is 12.7 Å². The van der Waals surface area contributed by atoms with E-state index in [1.54, 1.807) is 18.3 Å². The first kappa shape index (κ1) is 10.4. The van der Waals surface area contributed by atoms with Crippen LogP contribution in [0.25, 0.3) is 0 Å². The average molecular weight is 218 g/mol. The lowest BCUT2D eigenvalue weighted by molar-refractivity contribution is 0.425. The molecule has 0 saturated heterocycles. The second-order valence-corrected chi connectivity index (χ2v) is 3.42. The Morgan fingerprint density at radius 1 is 1.31 bits per heavy atom. The van der Waals surface area contributed by atoms with E-state index < -0.39 is 5.82 Å². The number of hydrogen-bond acceptors (Lipinski definition) is 3. The van der Waals surface area contributed by atoms with Crippen LogP contribution in [0.3, 0.4) is 0 Å². The summed E-state index contributed by atoms with van der Waals surface area (Å²) in [4.78, 5) is 4.02. The van der Waals surface area contributed by atoms with Crippen LogP contribution in [0.1, 0.15) is 5.56 Å². The van der Waals surface area contributed by atoms with Gasteiger partial charge in [0.25, 0.3) is 0 Å². The summed E-state index contributed by atoms with van der Waals surface area (Å²) in [6.45, 7) is 1.84. The van der Waals surface area contributed by atoms with E-state index in [0.717, 1.165) is 5.56 Å². The van der Waals surface area contributed by atoms with E-state index in [4.69, 9.17) is 10.5 Å². The number of anilines is 1. The average Bonchev–Trinajstić information content (AvgIpc) is 2.25. The lowest BCUT2D eigenvalue weighted by Crippen LogP contribution is -1.94. The maximum Gasteiger partial charge on any atom is 0.222 e. The smallest absolute Gasteiger partial charge is 0.222 e. The number of nitrogens with zero attached hydrogens (tertiary/aromatic N) is 1. The second kappa shape index (κ2) is 4.18. The number of halogens is 1. The number of aryl methyl sites for hydroxylation is 1. The van der Waals surface area contributed by atoms with Crippen LogP contribution in [0.15, 0.2) is 36.5 Å². The highest BCUT2D eigenvalue weighted by atomic mass is 19.1. The Morgan fingerprint density at radius 3 is 2.81 bits per heavy atom. The number of nitrogens with two attached hydrogens (primary N) is 1. The van der Waals surface area contributed by atoms with Crippen molar-refractivity contribution >= 4 is 5.69 Å². The Kier molecular flexibility index (Phi) is 2.72. The van der Waals surface area contributed by atoms with Gasteiger partial charge in [0.15, 0.2) is 11.6 Å². The molecule has 2 aromatic rings. The molecule has 2 N–H and O–H groups in total. The molecule has 0 saturated carbocycles. The molecule has 0 amide bonds. The van der Waals surface area contributed by atoms with Gasteiger partial charge in [-0.1, -0.05) is 6.07 Å². The zero-order valence-corrected chi connectivity index (χ0v) is 8.77. The van der Waals surface area contributed by atoms with Crippen molar-refractivity contribution < 1.29 is 9.13 Å². The summed E-state index contributed by atoms with van der Waals surface area (Å²) in [5, 5.41) is 0. The van der Waals surface area contributed by atoms with Crippen molar-refractivity contribution in [1.29, 1.82) is 0 Å². The molecule has 0 unspecified atom stereocenters. The number of pyridine rings is 1. The molecule has 3 nitrogen and oxygen atoms in total. The fourth-order valence-corrected chi connectivity index (χ4v) is 1.28. The lowest BCUT2D eigenvalue weighted by atomic mass is 10.3. The highest BCUT2D eigenvalue weighted by Gasteiger charge is 2.07. The highest BCUT2D eigenvalue weighted by molar-refractivity contribution is 5.44. The van der Waals surface area contributed by atoms with Gasteiger partial charge in [-0.15, -0.1) is 0 Å². The molecular weight excluding hydrogens is 207 g/mol. The van der Waals surface area contributed by atoms with Crippen LogP contribution < -0.4 is 10.5 Å². The monoisotopic (exact) mass is 218 g/mol. The molecule has 0 radical (unpaired) electrons. The van der Waals surface area contributed by atoms with E-state index in [1.165, 1.54) is 12.1 Å². The maximum absolute atomic E-state index is 13.4. The van der Waals surface area contributed by atoms with Crippen molar-refractivity contribution in [1.82, 2.24) is 4.98 Å². The Balaban J connectivity index is 2.31. The van der Waals surface area contributed by atoms with Gasteiger partial charge in [0.05, 0.1) is 0 Å². The fraction of sp³-hybridized carbons (Fsp3) is 0.0833. The van der Waals surface area contributed by atoms with Gasteiger partial charge in [0.2, 0.25) is 5.88 Å². The SMILES string of the molecule is Cc1cccnc1Oc1ccc(N)cc1F. The molecule has 16 heavy (non-hydrogen) atoms. The number of rotatable bonds is 2. The number of hydrogen-bond donors (Lipinski definition) is 1. The molecule has 0 bridgehead atoms. The van der Waals surface area contributed by atoms with E-state index >= 15 is 0 Å². The third-order valence-corrected chi connectivity index (χ3v) is 2.12. The number of aromatic nitrogens is 1. The molecule has 0 fully saturated rings. The third kappa shape index (κ3) is 2.11. The van der Waals surface area contributed by atoms with Crippen LogP contribution in [-0.4, -0.2) is 4.98 Å². The van der Waals surface area contributed by atoms with Crippen molar-refractivity contribution in [2.45, 2.75) is 6.92 Å². The molecular formula is C12H11FN2O. The van der Waals surface area contributed by atoms with E-state index in [2.05, 4.69) is 4.98 Å². The van der Waals surface area contributed by atoms with Crippen molar-refractivity contribution in [2.75, 3.05) is 5.73 Å². The minimum atomic E-state index is -0.495. The molecule has 4 heteroatoms. The van der Waals surface area contributed by atoms with Crippen LogP contribution in [0.5, 0.6) is 11.6 Å². The van der Waals surface area contributed by atoms with Gasteiger partial charge in [-0.2, -0.15) is 0 Å².